The van der Waals surface area contributed by atoms with Crippen LogP contribution in [0.2, 0.25) is 0 Å². The van der Waals surface area contributed by atoms with Gasteiger partial charge in [-0.25, -0.2) is 4.39 Å². The molecule has 1 fully saturated rings. The molecule has 4 nitrogen and oxygen atoms in total. The van der Waals surface area contributed by atoms with Gasteiger partial charge in [0.05, 0.1) is 0 Å². The fourth-order valence-electron chi connectivity index (χ4n) is 2.36. The minimum absolute atomic E-state index is 0. The molecule has 6 heteroatoms. The molecule has 1 aliphatic rings. The zero-order valence-electron chi connectivity index (χ0n) is 11.7. The summed E-state index contributed by atoms with van der Waals surface area (Å²) in [5.41, 5.74) is 0.543. The average molecular weight is 303 g/mol. The number of anilines is 1. The molecule has 0 saturated carbocycles. The monoisotopic (exact) mass is 302 g/mol. The molecule has 0 bridgehead atoms. The maximum absolute atomic E-state index is 13.0. The third kappa shape index (κ3) is 3.48. The molecule has 1 heterocycles. The zero-order valence-corrected chi connectivity index (χ0v) is 12.5. The van der Waals surface area contributed by atoms with Crippen molar-refractivity contribution in [1.82, 2.24) is 5.32 Å². The lowest BCUT2D eigenvalue weighted by atomic mass is 9.91. The Morgan fingerprint density at radius 1 is 1.40 bits per heavy atom. The molecule has 0 unspecified atom stereocenters. The summed E-state index contributed by atoms with van der Waals surface area (Å²) in [5.74, 6) is -0.468. The molecule has 1 aliphatic heterocycles. The summed E-state index contributed by atoms with van der Waals surface area (Å²) < 4.78 is 18.5. The Balaban J connectivity index is 0.00000200. The number of ether oxygens (including phenoxy) is 1. The minimum Gasteiger partial charge on any atom is -0.368 e. The minimum atomic E-state index is -0.786. The topological polar surface area (TPSA) is 50.4 Å². The number of amides is 1. The van der Waals surface area contributed by atoms with Crippen LogP contribution in [-0.4, -0.2) is 31.7 Å². The first-order chi connectivity index (χ1) is 9.07. The van der Waals surface area contributed by atoms with Gasteiger partial charge in [-0.3, -0.25) is 4.79 Å². The molecule has 1 aromatic rings. The van der Waals surface area contributed by atoms with Gasteiger partial charge >= 0.3 is 0 Å². The molecule has 2 rings (SSSR count). The molecular weight excluding hydrogens is 283 g/mol. The van der Waals surface area contributed by atoms with Crippen LogP contribution in [0.3, 0.4) is 0 Å². The molecule has 1 aromatic carbocycles. The Morgan fingerprint density at radius 2 is 2.05 bits per heavy atom. The average Bonchev–Trinajstić information content (AvgIpc) is 2.42. The van der Waals surface area contributed by atoms with Crippen LogP contribution in [-0.2, 0) is 9.53 Å². The highest BCUT2D eigenvalue weighted by Crippen LogP contribution is 2.25. The van der Waals surface area contributed by atoms with Crippen molar-refractivity contribution >= 4 is 24.0 Å². The first kappa shape index (κ1) is 16.9. The van der Waals surface area contributed by atoms with Crippen molar-refractivity contribution in [3.63, 3.8) is 0 Å². The van der Waals surface area contributed by atoms with E-state index in [9.17, 15) is 9.18 Å². The van der Waals surface area contributed by atoms with Crippen molar-refractivity contribution in [3.05, 3.63) is 29.6 Å². The number of methoxy groups -OCH3 is 1. The number of aryl methyl sites for hydroxylation is 1. The van der Waals surface area contributed by atoms with Crippen molar-refractivity contribution in [2.45, 2.75) is 25.4 Å². The van der Waals surface area contributed by atoms with E-state index < -0.39 is 5.60 Å². The van der Waals surface area contributed by atoms with Crippen LogP contribution in [0.25, 0.3) is 0 Å². The van der Waals surface area contributed by atoms with Crippen molar-refractivity contribution < 1.29 is 13.9 Å². The SMILES string of the molecule is COC1(C(=O)Nc2ccc(F)cc2C)CCNCC1.Cl. The standard InChI is InChI=1S/C14H19FN2O2.ClH/c1-10-9-11(15)3-4-12(10)17-13(18)14(19-2)5-7-16-8-6-14;/h3-4,9,16H,5-8H2,1-2H3,(H,17,18);1H. The summed E-state index contributed by atoms with van der Waals surface area (Å²) in [4.78, 5) is 12.4. The normalized spacial score (nSPS) is 17.1. The van der Waals surface area contributed by atoms with E-state index >= 15 is 0 Å². The highest BCUT2D eigenvalue weighted by atomic mass is 35.5. The van der Waals surface area contributed by atoms with E-state index in [-0.39, 0.29) is 24.1 Å². The number of rotatable bonds is 3. The van der Waals surface area contributed by atoms with Crippen LogP contribution in [0, 0.1) is 12.7 Å². The maximum atomic E-state index is 13.0. The summed E-state index contributed by atoms with van der Waals surface area (Å²) >= 11 is 0. The number of hydrogen-bond donors (Lipinski definition) is 2. The van der Waals surface area contributed by atoms with Crippen LogP contribution in [0.15, 0.2) is 18.2 Å². The molecule has 20 heavy (non-hydrogen) atoms. The number of hydrogen-bond acceptors (Lipinski definition) is 3. The first-order valence-corrected chi connectivity index (χ1v) is 6.41. The predicted molar refractivity (Wildman–Crippen MR) is 78.9 cm³/mol. The Labute approximate surface area is 124 Å². The van der Waals surface area contributed by atoms with Gasteiger partial charge in [0.1, 0.15) is 11.4 Å². The van der Waals surface area contributed by atoms with Crippen LogP contribution < -0.4 is 10.6 Å². The van der Waals surface area contributed by atoms with E-state index in [1.807, 2.05) is 0 Å². The van der Waals surface area contributed by atoms with Gasteiger partial charge in [0.2, 0.25) is 0 Å². The van der Waals surface area contributed by atoms with E-state index in [4.69, 9.17) is 4.74 Å². The second kappa shape index (κ2) is 7.02. The third-order valence-corrected chi connectivity index (χ3v) is 3.65. The highest BCUT2D eigenvalue weighted by Gasteiger charge is 2.39. The van der Waals surface area contributed by atoms with Crippen molar-refractivity contribution in [2.75, 3.05) is 25.5 Å². The van der Waals surface area contributed by atoms with Gasteiger partial charge < -0.3 is 15.4 Å². The Kier molecular flexibility index (Phi) is 5.92. The van der Waals surface area contributed by atoms with Crippen LogP contribution in [0.5, 0.6) is 0 Å². The van der Waals surface area contributed by atoms with Crippen LogP contribution in [0.1, 0.15) is 18.4 Å². The largest absolute Gasteiger partial charge is 0.368 e. The first-order valence-electron chi connectivity index (χ1n) is 6.41. The lowest BCUT2D eigenvalue weighted by molar-refractivity contribution is -0.140. The van der Waals surface area contributed by atoms with Crippen LogP contribution >= 0.6 is 12.4 Å². The van der Waals surface area contributed by atoms with E-state index in [0.29, 0.717) is 24.1 Å². The van der Waals surface area contributed by atoms with E-state index in [2.05, 4.69) is 10.6 Å². The number of piperidine rings is 1. The molecule has 1 saturated heterocycles. The molecule has 0 aliphatic carbocycles. The van der Waals surface area contributed by atoms with Gasteiger partial charge in [-0.2, -0.15) is 0 Å². The van der Waals surface area contributed by atoms with Gasteiger partial charge in [-0.15, -0.1) is 12.4 Å². The second-order valence-electron chi connectivity index (χ2n) is 4.86. The number of benzene rings is 1. The third-order valence-electron chi connectivity index (χ3n) is 3.65. The second-order valence-corrected chi connectivity index (χ2v) is 4.86. The van der Waals surface area contributed by atoms with Gasteiger partial charge in [0, 0.05) is 12.8 Å². The lowest BCUT2D eigenvalue weighted by Gasteiger charge is -2.34. The number of nitrogens with one attached hydrogen (secondary N) is 2. The van der Waals surface area contributed by atoms with E-state index in [1.165, 1.54) is 12.1 Å². The fourth-order valence-corrected chi connectivity index (χ4v) is 2.36. The summed E-state index contributed by atoms with van der Waals surface area (Å²) in [5, 5.41) is 6.04. The molecular formula is C14H20ClFN2O2. The van der Waals surface area contributed by atoms with Gasteiger partial charge in [0.25, 0.3) is 5.91 Å². The molecule has 112 valence electrons. The number of halogens is 2. The molecule has 0 radical (unpaired) electrons. The molecule has 0 aromatic heterocycles. The molecule has 1 amide bonds. The Morgan fingerprint density at radius 3 is 2.60 bits per heavy atom. The zero-order chi connectivity index (χ0) is 13.9. The smallest absolute Gasteiger partial charge is 0.256 e. The summed E-state index contributed by atoms with van der Waals surface area (Å²) in [6, 6.07) is 4.31. The highest BCUT2D eigenvalue weighted by molar-refractivity contribution is 5.98. The number of carbonyl (C=O) groups excluding carboxylic acids is 1. The van der Waals surface area contributed by atoms with Gasteiger partial charge in [-0.1, -0.05) is 0 Å². The molecule has 2 N–H and O–H groups in total. The van der Waals surface area contributed by atoms with E-state index in [0.717, 1.165) is 13.1 Å². The maximum Gasteiger partial charge on any atom is 0.256 e. The van der Waals surface area contributed by atoms with Crippen molar-refractivity contribution in [2.24, 2.45) is 0 Å². The summed E-state index contributed by atoms with van der Waals surface area (Å²) in [6.45, 7) is 3.27. The Bertz CT molecular complexity index is 476. The van der Waals surface area contributed by atoms with E-state index in [1.54, 1.807) is 20.1 Å². The predicted octanol–water partition coefficient (Wildman–Crippen LogP) is 2.26. The number of carbonyl (C=O) groups is 1. The summed E-state index contributed by atoms with van der Waals surface area (Å²) in [6.07, 6.45) is 1.27. The molecule has 0 spiro atoms. The lowest BCUT2D eigenvalue weighted by Crippen LogP contribution is -2.51. The van der Waals surface area contributed by atoms with Gasteiger partial charge in [-0.05, 0) is 56.6 Å². The van der Waals surface area contributed by atoms with Crippen LogP contribution in [0.4, 0.5) is 10.1 Å². The quantitative estimate of drug-likeness (QED) is 0.900. The molecule has 0 atom stereocenters. The van der Waals surface area contributed by atoms with Crippen molar-refractivity contribution in [1.29, 1.82) is 0 Å². The van der Waals surface area contributed by atoms with Crippen molar-refractivity contribution in [3.8, 4) is 0 Å². The fraction of sp³-hybridized carbons (Fsp3) is 0.500. The van der Waals surface area contributed by atoms with Gasteiger partial charge in [0.15, 0.2) is 0 Å². The summed E-state index contributed by atoms with van der Waals surface area (Å²) in [7, 11) is 1.56. The Hall–Kier alpha value is -1.17.